The van der Waals surface area contributed by atoms with E-state index in [1.165, 1.54) is 0 Å². The van der Waals surface area contributed by atoms with Gasteiger partial charge in [0.1, 0.15) is 0 Å². The summed E-state index contributed by atoms with van der Waals surface area (Å²) in [4.78, 5) is 0. The second-order valence-electron chi connectivity index (χ2n) is 0.637. The maximum atomic E-state index is 10.8. The van der Waals surface area contributed by atoms with Gasteiger partial charge in [-0.3, -0.25) is 0 Å². The summed E-state index contributed by atoms with van der Waals surface area (Å²) in [6, 6.07) is 0. The first kappa shape index (κ1) is 5.34. The average Bonchev–Trinajstić information content (AvgIpc) is 1.61. The van der Waals surface area contributed by atoms with Crippen LogP contribution in [0.15, 0.2) is 24.8 Å². The molecule has 0 atom stereocenters. The van der Waals surface area contributed by atoms with Crippen molar-refractivity contribution in [2.75, 3.05) is 0 Å². The summed E-state index contributed by atoms with van der Waals surface area (Å²) in [5.74, 6) is 0. The Balaban J connectivity index is 3.07. The minimum atomic E-state index is 0.260. The molecule has 6 heavy (non-hydrogen) atoms. The molecule has 0 aliphatic carbocycles. The van der Waals surface area contributed by atoms with Crippen LogP contribution in [0.4, 0.5) is 8.78 Å². The van der Waals surface area contributed by atoms with E-state index in [0.29, 0.717) is 0 Å². The van der Waals surface area contributed by atoms with E-state index in [0.717, 1.165) is 12.2 Å². The molecule has 0 amide bonds. The topological polar surface area (TPSA) is 0 Å². The van der Waals surface area contributed by atoms with Gasteiger partial charge in [-0.05, 0) is 12.2 Å². The predicted molar refractivity (Wildman–Crippen MR) is 20.5 cm³/mol. The Morgan fingerprint density at radius 1 is 0.833 bits per heavy atom. The van der Waals surface area contributed by atoms with Gasteiger partial charge in [0.25, 0.3) is 0 Å². The van der Waals surface area contributed by atoms with E-state index >= 15 is 0 Å². The van der Waals surface area contributed by atoms with Crippen molar-refractivity contribution in [1.82, 2.24) is 0 Å². The van der Waals surface area contributed by atoms with Crippen molar-refractivity contribution in [2.45, 2.75) is 0 Å². The van der Waals surface area contributed by atoms with Gasteiger partial charge in [0, 0.05) is 0 Å². The lowest BCUT2D eigenvalue weighted by Crippen LogP contribution is -1.36. The van der Waals surface area contributed by atoms with Crippen LogP contribution in [-0.4, -0.2) is 0 Å². The highest BCUT2D eigenvalue weighted by Gasteiger charge is 1.54. The minimum Gasteiger partial charge on any atom is -0.216 e. The molecule has 0 unspecified atom stereocenters. The number of allylic oxidation sites excluding steroid dienone is 2. The molecule has 0 aliphatic heterocycles. The monoisotopic (exact) mass is 90.0 g/mol. The second kappa shape index (κ2) is 4.34. The zero-order chi connectivity index (χ0) is 4.83. The fourth-order valence-electron chi connectivity index (χ4n) is 0.0840. The van der Waals surface area contributed by atoms with Crippen LogP contribution in [0.3, 0.4) is 0 Å². The summed E-state index contributed by atoms with van der Waals surface area (Å²) < 4.78 is 21.6. The largest absolute Gasteiger partial charge is 0.216 e. The average molecular weight is 90.1 g/mol. The summed E-state index contributed by atoms with van der Waals surface area (Å²) in [6.07, 6.45) is 2.44. The molecule has 0 saturated heterocycles. The van der Waals surface area contributed by atoms with Crippen LogP contribution < -0.4 is 0 Å². The Kier molecular flexibility index (Phi) is 3.86. The number of hydrogen-bond donors (Lipinski definition) is 0. The van der Waals surface area contributed by atoms with Crippen LogP contribution in [-0.2, 0) is 0 Å². The molecule has 2 heteroatoms. The van der Waals surface area contributed by atoms with Crippen molar-refractivity contribution in [1.29, 1.82) is 0 Å². The van der Waals surface area contributed by atoms with E-state index in [1.54, 1.807) is 0 Å². The molecule has 0 radical (unpaired) electrons. The molecule has 0 fully saturated rings. The zero-order valence-corrected chi connectivity index (χ0v) is 3.07. The van der Waals surface area contributed by atoms with E-state index < -0.39 is 0 Å². The van der Waals surface area contributed by atoms with Crippen molar-refractivity contribution < 1.29 is 8.78 Å². The van der Waals surface area contributed by atoms with Gasteiger partial charge in [0.15, 0.2) is 0 Å². The standard InChI is InChI=1S/C4H4F2/c5-3-1-2-4-6/h1-4H. The van der Waals surface area contributed by atoms with Gasteiger partial charge in [-0.2, -0.15) is 0 Å². The van der Waals surface area contributed by atoms with Crippen LogP contribution in [0.5, 0.6) is 0 Å². The van der Waals surface area contributed by atoms with E-state index in [9.17, 15) is 8.78 Å². The van der Waals surface area contributed by atoms with Crippen LogP contribution in [0.2, 0.25) is 0 Å². The highest BCUT2D eigenvalue weighted by molar-refractivity contribution is 4.94. The normalized spacial score (nSPS) is 11.7. The van der Waals surface area contributed by atoms with Crippen molar-refractivity contribution in [3.63, 3.8) is 0 Å². The van der Waals surface area contributed by atoms with Gasteiger partial charge in [-0.15, -0.1) is 0 Å². The summed E-state index contributed by atoms with van der Waals surface area (Å²) in [7, 11) is 0. The summed E-state index contributed by atoms with van der Waals surface area (Å²) >= 11 is 0. The van der Waals surface area contributed by atoms with Crippen molar-refractivity contribution >= 4 is 0 Å². The number of rotatable bonds is 1. The summed E-state index contributed by atoms with van der Waals surface area (Å²) in [5.41, 5.74) is 0. The third-order valence-electron chi connectivity index (χ3n) is 0.257. The van der Waals surface area contributed by atoms with Crippen LogP contribution in [0.1, 0.15) is 0 Å². The maximum Gasteiger partial charge on any atom is 0.0867 e. The molecule has 0 rings (SSSR count). The third-order valence-corrected chi connectivity index (χ3v) is 0.257. The van der Waals surface area contributed by atoms with E-state index in [-0.39, 0.29) is 12.7 Å². The van der Waals surface area contributed by atoms with Crippen molar-refractivity contribution in [3.8, 4) is 0 Å². The molecule has 0 aromatic heterocycles. The molecule has 0 nitrogen and oxygen atoms in total. The van der Waals surface area contributed by atoms with E-state index in [1.807, 2.05) is 0 Å². The highest BCUT2D eigenvalue weighted by atomic mass is 19.1. The Hall–Kier alpha value is -0.660. The van der Waals surface area contributed by atoms with Crippen molar-refractivity contribution in [2.24, 2.45) is 0 Å². The molecule has 0 saturated carbocycles. The van der Waals surface area contributed by atoms with Gasteiger partial charge in [0.05, 0.1) is 12.7 Å². The fraction of sp³-hybridized carbons (Fsp3) is 0. The highest BCUT2D eigenvalue weighted by Crippen LogP contribution is 1.75. The molecule has 0 heterocycles. The number of hydrogen-bond acceptors (Lipinski definition) is 0. The quantitative estimate of drug-likeness (QED) is 0.432. The van der Waals surface area contributed by atoms with Crippen molar-refractivity contribution in [3.05, 3.63) is 24.8 Å². The van der Waals surface area contributed by atoms with E-state index in [4.69, 9.17) is 0 Å². The van der Waals surface area contributed by atoms with Gasteiger partial charge < -0.3 is 0 Å². The molecule has 0 aliphatic rings. The molecular weight excluding hydrogens is 86.0 g/mol. The smallest absolute Gasteiger partial charge is 0.0867 e. The lowest BCUT2D eigenvalue weighted by molar-refractivity contribution is 0.712. The maximum absolute atomic E-state index is 10.8. The summed E-state index contributed by atoms with van der Waals surface area (Å²) in [5, 5.41) is 0. The molecule has 0 aromatic carbocycles. The van der Waals surface area contributed by atoms with Crippen LogP contribution >= 0.6 is 0 Å². The molecule has 0 aromatic rings. The van der Waals surface area contributed by atoms with E-state index in [2.05, 4.69) is 0 Å². The first-order chi connectivity index (χ1) is 2.91. The lowest BCUT2D eigenvalue weighted by atomic mass is 10.6. The summed E-state index contributed by atoms with van der Waals surface area (Å²) in [6.45, 7) is 0. The fourth-order valence-corrected chi connectivity index (χ4v) is 0.0840. The van der Waals surface area contributed by atoms with Crippen LogP contribution in [0, 0.1) is 0 Å². The first-order valence-corrected chi connectivity index (χ1v) is 1.44. The molecular formula is C4H4F2. The second-order valence-corrected chi connectivity index (χ2v) is 0.637. The molecule has 34 valence electrons. The van der Waals surface area contributed by atoms with Gasteiger partial charge in [-0.1, -0.05) is 0 Å². The minimum absolute atomic E-state index is 0.260. The zero-order valence-electron chi connectivity index (χ0n) is 3.07. The molecule has 0 N–H and O–H groups in total. The SMILES string of the molecule is FC=CC=CF. The third kappa shape index (κ3) is 3.34. The van der Waals surface area contributed by atoms with Gasteiger partial charge in [0.2, 0.25) is 0 Å². The Morgan fingerprint density at radius 2 is 1.17 bits per heavy atom. The molecule has 0 bridgehead atoms. The van der Waals surface area contributed by atoms with Gasteiger partial charge >= 0.3 is 0 Å². The number of halogens is 2. The predicted octanol–water partition coefficient (Wildman–Crippen LogP) is 1.95. The Bertz CT molecular complexity index is 53.9. The Labute approximate surface area is 34.8 Å². The van der Waals surface area contributed by atoms with Crippen LogP contribution in [0.25, 0.3) is 0 Å². The van der Waals surface area contributed by atoms with Gasteiger partial charge in [-0.25, -0.2) is 8.78 Å². The first-order valence-electron chi connectivity index (χ1n) is 1.44. The lowest BCUT2D eigenvalue weighted by Gasteiger charge is -1.57. The Morgan fingerprint density at radius 3 is 1.33 bits per heavy atom. The molecule has 0 spiro atoms.